The van der Waals surface area contributed by atoms with Crippen molar-refractivity contribution in [3.8, 4) is 0 Å². The van der Waals surface area contributed by atoms with Crippen molar-refractivity contribution in [1.29, 1.82) is 0 Å². The number of nitrogens with zero attached hydrogens (tertiary/aromatic N) is 3. The SMILES string of the molecule is Cc1ccccc1CC(=O)N1CCC[C@@H](CCC(=O)N(C)C2CCN(C)CC2)C1. The van der Waals surface area contributed by atoms with Crippen molar-refractivity contribution in [1.82, 2.24) is 14.7 Å². The van der Waals surface area contributed by atoms with Gasteiger partial charge in [-0.05, 0) is 76.2 Å². The first kappa shape index (κ1) is 21.8. The molecule has 2 saturated heterocycles. The highest BCUT2D eigenvalue weighted by Gasteiger charge is 2.27. The van der Waals surface area contributed by atoms with E-state index in [9.17, 15) is 9.59 Å². The van der Waals surface area contributed by atoms with Gasteiger partial charge in [-0.2, -0.15) is 0 Å². The molecule has 0 unspecified atom stereocenters. The summed E-state index contributed by atoms with van der Waals surface area (Å²) in [6, 6.07) is 8.51. The molecule has 0 aliphatic carbocycles. The number of aryl methyl sites for hydroxylation is 1. The monoisotopic (exact) mass is 399 g/mol. The topological polar surface area (TPSA) is 43.9 Å². The number of likely N-dealkylation sites (tertiary alicyclic amines) is 2. The van der Waals surface area contributed by atoms with Crippen LogP contribution >= 0.6 is 0 Å². The van der Waals surface area contributed by atoms with Gasteiger partial charge < -0.3 is 14.7 Å². The lowest BCUT2D eigenvalue weighted by atomic mass is 9.92. The van der Waals surface area contributed by atoms with Crippen molar-refractivity contribution in [2.45, 2.75) is 57.9 Å². The average molecular weight is 400 g/mol. The Kier molecular flexibility index (Phi) is 7.70. The summed E-state index contributed by atoms with van der Waals surface area (Å²) in [5, 5.41) is 0. The van der Waals surface area contributed by atoms with E-state index in [0.29, 0.717) is 24.8 Å². The molecule has 0 spiro atoms. The molecule has 1 aromatic carbocycles. The summed E-state index contributed by atoms with van der Waals surface area (Å²) in [6.07, 6.45) is 6.30. The van der Waals surface area contributed by atoms with Crippen LogP contribution in [0.25, 0.3) is 0 Å². The minimum absolute atomic E-state index is 0.221. The Balaban J connectivity index is 1.45. The molecule has 1 aromatic rings. The molecule has 1 atom stereocenters. The van der Waals surface area contributed by atoms with Gasteiger partial charge in [0.05, 0.1) is 6.42 Å². The third-order valence-corrected chi connectivity index (χ3v) is 6.87. The highest BCUT2D eigenvalue weighted by Crippen LogP contribution is 2.23. The summed E-state index contributed by atoms with van der Waals surface area (Å²) in [4.78, 5) is 31.8. The molecule has 2 aliphatic rings. The summed E-state index contributed by atoms with van der Waals surface area (Å²) in [6.45, 7) is 5.86. The van der Waals surface area contributed by atoms with E-state index >= 15 is 0 Å². The molecule has 5 nitrogen and oxygen atoms in total. The second-order valence-corrected chi connectivity index (χ2v) is 9.03. The van der Waals surface area contributed by atoms with Crippen LogP contribution in [0.15, 0.2) is 24.3 Å². The Labute approximate surface area is 176 Å². The maximum absolute atomic E-state index is 12.8. The molecule has 0 N–H and O–H groups in total. The number of hydrogen-bond donors (Lipinski definition) is 0. The largest absolute Gasteiger partial charge is 0.343 e. The van der Waals surface area contributed by atoms with Crippen LogP contribution < -0.4 is 0 Å². The molecule has 0 aromatic heterocycles. The predicted octanol–water partition coefficient (Wildman–Crippen LogP) is 3.11. The zero-order valence-corrected chi connectivity index (χ0v) is 18.4. The van der Waals surface area contributed by atoms with Crippen molar-refractivity contribution >= 4 is 11.8 Å². The normalized spacial score (nSPS) is 21.2. The van der Waals surface area contributed by atoms with Crippen LogP contribution in [-0.2, 0) is 16.0 Å². The molecule has 29 heavy (non-hydrogen) atoms. The second-order valence-electron chi connectivity index (χ2n) is 9.03. The number of piperidine rings is 2. The first-order valence-corrected chi connectivity index (χ1v) is 11.2. The quantitative estimate of drug-likeness (QED) is 0.738. The summed E-state index contributed by atoms with van der Waals surface area (Å²) in [5.74, 6) is 0.932. The van der Waals surface area contributed by atoms with Gasteiger partial charge in [0.25, 0.3) is 0 Å². The van der Waals surface area contributed by atoms with Gasteiger partial charge >= 0.3 is 0 Å². The van der Waals surface area contributed by atoms with E-state index in [1.807, 2.05) is 35.0 Å². The number of carbonyl (C=O) groups excluding carboxylic acids is 2. The Morgan fingerprint density at radius 1 is 1.10 bits per heavy atom. The highest BCUT2D eigenvalue weighted by molar-refractivity contribution is 5.79. The van der Waals surface area contributed by atoms with E-state index in [4.69, 9.17) is 0 Å². The lowest BCUT2D eigenvalue weighted by molar-refractivity contribution is -0.133. The number of amides is 2. The number of benzene rings is 1. The van der Waals surface area contributed by atoms with Crippen molar-refractivity contribution in [2.24, 2.45) is 5.92 Å². The van der Waals surface area contributed by atoms with E-state index < -0.39 is 0 Å². The molecule has 2 heterocycles. The van der Waals surface area contributed by atoms with Crippen LogP contribution in [-0.4, -0.2) is 72.8 Å². The molecule has 0 bridgehead atoms. The fourth-order valence-electron chi connectivity index (χ4n) is 4.70. The van der Waals surface area contributed by atoms with Gasteiger partial charge in [0.15, 0.2) is 0 Å². The third-order valence-electron chi connectivity index (χ3n) is 6.87. The van der Waals surface area contributed by atoms with E-state index in [0.717, 1.165) is 63.8 Å². The smallest absolute Gasteiger partial charge is 0.227 e. The molecular formula is C24H37N3O2. The van der Waals surface area contributed by atoms with Crippen LogP contribution in [0.5, 0.6) is 0 Å². The first-order chi connectivity index (χ1) is 13.9. The molecule has 2 fully saturated rings. The molecule has 0 saturated carbocycles. The van der Waals surface area contributed by atoms with E-state index in [2.05, 4.69) is 24.9 Å². The van der Waals surface area contributed by atoms with Gasteiger partial charge in [0.2, 0.25) is 11.8 Å². The number of rotatable bonds is 6. The maximum Gasteiger partial charge on any atom is 0.227 e. The molecule has 0 radical (unpaired) electrons. The Hall–Kier alpha value is -1.88. The molecule has 2 amide bonds. The Morgan fingerprint density at radius 3 is 2.55 bits per heavy atom. The lowest BCUT2D eigenvalue weighted by Crippen LogP contribution is -2.45. The fraction of sp³-hybridized carbons (Fsp3) is 0.667. The van der Waals surface area contributed by atoms with Crippen LogP contribution in [0.1, 0.15) is 49.7 Å². The van der Waals surface area contributed by atoms with Crippen LogP contribution in [0.2, 0.25) is 0 Å². The van der Waals surface area contributed by atoms with Crippen LogP contribution in [0.4, 0.5) is 0 Å². The Bertz CT molecular complexity index is 697. The average Bonchev–Trinajstić information content (AvgIpc) is 2.74. The predicted molar refractivity (Wildman–Crippen MR) is 117 cm³/mol. The minimum Gasteiger partial charge on any atom is -0.343 e. The number of hydrogen-bond acceptors (Lipinski definition) is 3. The fourth-order valence-corrected chi connectivity index (χ4v) is 4.70. The molecule has 3 rings (SSSR count). The van der Waals surface area contributed by atoms with Crippen molar-refractivity contribution in [2.75, 3.05) is 40.3 Å². The minimum atomic E-state index is 0.221. The summed E-state index contributed by atoms with van der Waals surface area (Å²) in [5.41, 5.74) is 2.30. The van der Waals surface area contributed by atoms with Crippen LogP contribution in [0, 0.1) is 12.8 Å². The van der Waals surface area contributed by atoms with Gasteiger partial charge in [-0.3, -0.25) is 9.59 Å². The van der Waals surface area contributed by atoms with Crippen LogP contribution in [0.3, 0.4) is 0 Å². The van der Waals surface area contributed by atoms with Gasteiger partial charge in [0.1, 0.15) is 0 Å². The van der Waals surface area contributed by atoms with Gasteiger partial charge in [-0.25, -0.2) is 0 Å². The standard InChI is InChI=1S/C24H37N3O2/c1-19-7-4-5-9-21(19)17-24(29)27-14-6-8-20(18-27)10-11-23(28)26(3)22-12-15-25(2)16-13-22/h4-5,7,9,20,22H,6,8,10-18H2,1-3H3/t20-/m0/s1. The van der Waals surface area contributed by atoms with Crippen molar-refractivity contribution in [3.63, 3.8) is 0 Å². The zero-order valence-electron chi connectivity index (χ0n) is 18.4. The van der Waals surface area contributed by atoms with Gasteiger partial charge in [0, 0.05) is 32.6 Å². The van der Waals surface area contributed by atoms with E-state index in [1.54, 1.807) is 0 Å². The maximum atomic E-state index is 12.8. The summed E-state index contributed by atoms with van der Waals surface area (Å²) >= 11 is 0. The molecule has 2 aliphatic heterocycles. The Morgan fingerprint density at radius 2 is 1.83 bits per heavy atom. The molecule has 160 valence electrons. The van der Waals surface area contributed by atoms with Crippen molar-refractivity contribution in [3.05, 3.63) is 35.4 Å². The lowest BCUT2D eigenvalue weighted by Gasteiger charge is -2.36. The summed E-state index contributed by atoms with van der Waals surface area (Å²) in [7, 11) is 4.12. The number of carbonyl (C=O) groups is 2. The van der Waals surface area contributed by atoms with E-state index in [1.165, 1.54) is 5.56 Å². The highest BCUT2D eigenvalue weighted by atomic mass is 16.2. The summed E-state index contributed by atoms with van der Waals surface area (Å²) < 4.78 is 0. The zero-order chi connectivity index (χ0) is 20.8. The van der Waals surface area contributed by atoms with Gasteiger partial charge in [-0.15, -0.1) is 0 Å². The first-order valence-electron chi connectivity index (χ1n) is 11.2. The van der Waals surface area contributed by atoms with E-state index in [-0.39, 0.29) is 11.8 Å². The molecular weight excluding hydrogens is 362 g/mol. The van der Waals surface area contributed by atoms with Crippen molar-refractivity contribution < 1.29 is 9.59 Å². The second kappa shape index (κ2) is 10.2. The third kappa shape index (κ3) is 6.05. The van der Waals surface area contributed by atoms with Gasteiger partial charge in [-0.1, -0.05) is 24.3 Å². The molecule has 5 heteroatoms.